The Morgan fingerprint density at radius 1 is 1.00 bits per heavy atom. The van der Waals surface area contributed by atoms with Gasteiger partial charge in [-0.2, -0.15) is 0 Å². The normalized spacial score (nSPS) is 10.9. The van der Waals surface area contributed by atoms with Gasteiger partial charge in [-0.25, -0.2) is 9.97 Å². The van der Waals surface area contributed by atoms with E-state index < -0.39 is 5.97 Å². The van der Waals surface area contributed by atoms with E-state index in [2.05, 4.69) is 15.3 Å². The molecule has 2 aromatic carbocycles. The molecule has 122 valence electrons. The Labute approximate surface area is 152 Å². The second-order valence-corrected chi connectivity index (χ2v) is 7.15. The average molecular weight is 363 g/mol. The number of thiophene rings is 1. The van der Waals surface area contributed by atoms with Crippen LogP contribution in [0, 0.1) is 0 Å². The van der Waals surface area contributed by atoms with Gasteiger partial charge in [0.15, 0.2) is 0 Å². The molecule has 4 rings (SSSR count). The molecule has 0 aliphatic heterocycles. The fourth-order valence-electron chi connectivity index (χ4n) is 2.58. The Morgan fingerprint density at radius 3 is 2.56 bits per heavy atom. The van der Waals surface area contributed by atoms with Gasteiger partial charge in [-0.05, 0) is 11.6 Å². The summed E-state index contributed by atoms with van der Waals surface area (Å²) in [6.07, 6.45) is 1.51. The number of benzene rings is 2. The zero-order valence-corrected chi connectivity index (χ0v) is 14.5. The van der Waals surface area contributed by atoms with Crippen LogP contribution in [0.4, 0.5) is 0 Å². The molecule has 4 nitrogen and oxygen atoms in total. The van der Waals surface area contributed by atoms with Crippen molar-refractivity contribution in [1.29, 1.82) is 0 Å². The Balaban J connectivity index is 1.86. The van der Waals surface area contributed by atoms with Crippen molar-refractivity contribution in [3.8, 4) is 11.1 Å². The van der Waals surface area contributed by atoms with Crippen LogP contribution in [0.25, 0.3) is 21.3 Å². The minimum atomic E-state index is -1.19. The van der Waals surface area contributed by atoms with Crippen molar-refractivity contribution >= 4 is 39.3 Å². The van der Waals surface area contributed by atoms with E-state index in [1.54, 1.807) is 35.6 Å². The first-order valence-corrected chi connectivity index (χ1v) is 9.19. The summed E-state index contributed by atoms with van der Waals surface area (Å²) in [4.78, 5) is 21.6. The molecule has 0 saturated heterocycles. The number of hydrogen-bond donors (Lipinski definition) is 0. The summed E-state index contributed by atoms with van der Waals surface area (Å²) in [7, 11) is 0. The van der Waals surface area contributed by atoms with Gasteiger partial charge in [-0.3, -0.25) is 0 Å². The van der Waals surface area contributed by atoms with Crippen molar-refractivity contribution in [2.75, 3.05) is 0 Å². The molecule has 0 radical (unpaired) electrons. The maximum Gasteiger partial charge on any atom is 0.128 e. The van der Waals surface area contributed by atoms with E-state index in [1.807, 2.05) is 30.3 Å². The quantitative estimate of drug-likeness (QED) is 0.515. The van der Waals surface area contributed by atoms with Gasteiger partial charge in [0, 0.05) is 21.4 Å². The Bertz CT molecular complexity index is 1060. The summed E-state index contributed by atoms with van der Waals surface area (Å²) >= 11 is 2.87. The van der Waals surface area contributed by atoms with Gasteiger partial charge in [0.05, 0.1) is 11.4 Å². The third-order valence-corrected chi connectivity index (χ3v) is 5.70. The van der Waals surface area contributed by atoms with Crippen LogP contribution in [-0.2, 0) is 0 Å². The SMILES string of the molecule is O=C([O-])c1ccccc1Sc1ncnc2scc(-c3ccccc3)c12. The van der Waals surface area contributed by atoms with Crippen LogP contribution in [0.15, 0.2) is 76.2 Å². The van der Waals surface area contributed by atoms with E-state index in [-0.39, 0.29) is 5.56 Å². The minimum Gasteiger partial charge on any atom is -0.545 e. The second kappa shape index (κ2) is 6.66. The molecule has 25 heavy (non-hydrogen) atoms. The van der Waals surface area contributed by atoms with Crippen molar-refractivity contribution in [1.82, 2.24) is 9.97 Å². The number of aromatic nitrogens is 2. The van der Waals surface area contributed by atoms with Crippen molar-refractivity contribution in [2.45, 2.75) is 9.92 Å². The number of nitrogens with zero attached hydrogens (tertiary/aromatic N) is 2. The van der Waals surface area contributed by atoms with Gasteiger partial charge in [0.1, 0.15) is 16.2 Å². The third-order valence-electron chi connectivity index (χ3n) is 3.73. The van der Waals surface area contributed by atoms with Crippen molar-refractivity contribution in [3.63, 3.8) is 0 Å². The fourth-order valence-corrected chi connectivity index (χ4v) is 4.59. The van der Waals surface area contributed by atoms with Gasteiger partial charge in [-0.15, -0.1) is 11.3 Å². The van der Waals surface area contributed by atoms with E-state index >= 15 is 0 Å². The third kappa shape index (κ3) is 3.01. The molecule has 0 aliphatic carbocycles. The second-order valence-electron chi connectivity index (χ2n) is 5.26. The van der Waals surface area contributed by atoms with Crippen LogP contribution in [-0.4, -0.2) is 15.9 Å². The standard InChI is InChI=1S/C19H12N2O2S2/c22-19(23)13-8-4-5-9-15(13)25-18-16-14(12-6-2-1-3-7-12)10-24-17(16)20-11-21-18/h1-11H,(H,22,23)/p-1. The molecule has 0 N–H and O–H groups in total. The summed E-state index contributed by atoms with van der Waals surface area (Å²) in [5.41, 5.74) is 2.30. The molecule has 2 heterocycles. The lowest BCUT2D eigenvalue weighted by Gasteiger charge is -2.10. The smallest absolute Gasteiger partial charge is 0.128 e. The molecule has 0 unspecified atom stereocenters. The highest BCUT2D eigenvalue weighted by atomic mass is 32.2. The number of hydrogen-bond acceptors (Lipinski definition) is 6. The van der Waals surface area contributed by atoms with Crippen molar-refractivity contribution in [3.05, 3.63) is 71.9 Å². The topological polar surface area (TPSA) is 65.9 Å². The zero-order valence-electron chi connectivity index (χ0n) is 12.9. The number of aromatic carboxylic acids is 1. The summed E-state index contributed by atoms with van der Waals surface area (Å²) in [5, 5.41) is 15.1. The van der Waals surface area contributed by atoms with Gasteiger partial charge < -0.3 is 9.90 Å². The highest BCUT2D eigenvalue weighted by molar-refractivity contribution is 7.99. The maximum absolute atomic E-state index is 11.4. The predicted molar refractivity (Wildman–Crippen MR) is 97.7 cm³/mol. The lowest BCUT2D eigenvalue weighted by molar-refractivity contribution is -0.255. The van der Waals surface area contributed by atoms with Gasteiger partial charge in [-0.1, -0.05) is 60.3 Å². The average Bonchev–Trinajstić information content (AvgIpc) is 3.08. The molecular weight excluding hydrogens is 352 g/mol. The highest BCUT2D eigenvalue weighted by Gasteiger charge is 2.15. The summed E-state index contributed by atoms with van der Waals surface area (Å²) in [5.74, 6) is -1.19. The van der Waals surface area contributed by atoms with E-state index in [0.717, 1.165) is 26.4 Å². The monoisotopic (exact) mass is 363 g/mol. The number of fused-ring (bicyclic) bond motifs is 1. The number of carboxylic acids is 1. The molecule has 2 aromatic heterocycles. The Hall–Kier alpha value is -2.70. The van der Waals surface area contributed by atoms with Crippen LogP contribution in [0.5, 0.6) is 0 Å². The first-order chi connectivity index (χ1) is 12.2. The molecule has 6 heteroatoms. The summed E-state index contributed by atoms with van der Waals surface area (Å²) in [6, 6.07) is 16.8. The molecule has 0 bridgehead atoms. The lowest BCUT2D eigenvalue weighted by atomic mass is 10.1. The first kappa shape index (κ1) is 15.8. The largest absolute Gasteiger partial charge is 0.545 e. The molecular formula is C19H11N2O2S2-. The van der Waals surface area contributed by atoms with Crippen LogP contribution in [0.1, 0.15) is 10.4 Å². The summed E-state index contributed by atoms with van der Waals surface area (Å²) in [6.45, 7) is 0. The van der Waals surface area contributed by atoms with E-state index in [0.29, 0.717) is 4.90 Å². The number of carbonyl (C=O) groups is 1. The van der Waals surface area contributed by atoms with Gasteiger partial charge in [0.25, 0.3) is 0 Å². The molecule has 0 atom stereocenters. The first-order valence-electron chi connectivity index (χ1n) is 7.50. The molecule has 0 fully saturated rings. The zero-order chi connectivity index (χ0) is 17.2. The number of rotatable bonds is 4. The van der Waals surface area contributed by atoms with Gasteiger partial charge in [0.2, 0.25) is 0 Å². The van der Waals surface area contributed by atoms with Crippen LogP contribution < -0.4 is 5.11 Å². The number of carboxylic acid groups (broad SMARTS) is 1. The fraction of sp³-hybridized carbons (Fsp3) is 0. The van der Waals surface area contributed by atoms with E-state index in [9.17, 15) is 9.90 Å². The van der Waals surface area contributed by atoms with Crippen LogP contribution in [0.3, 0.4) is 0 Å². The van der Waals surface area contributed by atoms with Gasteiger partial charge >= 0.3 is 0 Å². The predicted octanol–water partition coefficient (Wildman–Crippen LogP) is 3.87. The van der Waals surface area contributed by atoms with E-state index in [4.69, 9.17) is 0 Å². The molecule has 0 spiro atoms. The Kier molecular flexibility index (Phi) is 4.21. The molecule has 0 amide bonds. The molecule has 0 saturated carbocycles. The Morgan fingerprint density at radius 2 is 1.76 bits per heavy atom. The van der Waals surface area contributed by atoms with Crippen molar-refractivity contribution < 1.29 is 9.90 Å². The van der Waals surface area contributed by atoms with Crippen molar-refractivity contribution in [2.24, 2.45) is 0 Å². The van der Waals surface area contributed by atoms with Crippen LogP contribution >= 0.6 is 23.1 Å². The number of carbonyl (C=O) groups excluding carboxylic acids is 1. The van der Waals surface area contributed by atoms with Crippen LogP contribution in [0.2, 0.25) is 0 Å². The lowest BCUT2D eigenvalue weighted by Crippen LogP contribution is -2.22. The van der Waals surface area contributed by atoms with E-state index in [1.165, 1.54) is 18.1 Å². The summed E-state index contributed by atoms with van der Waals surface area (Å²) < 4.78 is 0. The molecule has 4 aromatic rings. The highest BCUT2D eigenvalue weighted by Crippen LogP contribution is 2.40. The molecule has 0 aliphatic rings. The minimum absolute atomic E-state index is 0.163. The maximum atomic E-state index is 11.4.